The van der Waals surface area contributed by atoms with Crippen LogP contribution in [-0.2, 0) is 22.2 Å². The average molecular weight is 369 g/mol. The van der Waals surface area contributed by atoms with Gasteiger partial charge < -0.3 is 11.1 Å². The Labute approximate surface area is 145 Å². The van der Waals surface area contributed by atoms with E-state index < -0.39 is 17.6 Å². The smallest absolute Gasteiger partial charge is 0.369 e. The Morgan fingerprint density at radius 3 is 2.56 bits per heavy atom. The predicted octanol–water partition coefficient (Wildman–Crippen LogP) is 2.93. The molecule has 1 saturated carbocycles. The van der Waals surface area contributed by atoms with Gasteiger partial charge in [0.1, 0.15) is 0 Å². The summed E-state index contributed by atoms with van der Waals surface area (Å²) in [6.07, 6.45) is -3.78. The fourth-order valence-corrected chi connectivity index (χ4v) is 3.31. The van der Waals surface area contributed by atoms with Crippen LogP contribution in [0.2, 0.25) is 0 Å². The fraction of sp³-hybridized carbons (Fsp3) is 0.312. The van der Waals surface area contributed by atoms with Crippen LogP contribution in [0.15, 0.2) is 29.6 Å². The average Bonchev–Trinajstić information content (AvgIpc) is 3.22. The number of carbonyl (C=O) groups is 2. The molecule has 2 atom stereocenters. The summed E-state index contributed by atoms with van der Waals surface area (Å²) >= 11 is 1.19. The molecule has 2 unspecified atom stereocenters. The zero-order chi connectivity index (χ0) is 18.2. The van der Waals surface area contributed by atoms with Crippen LogP contribution < -0.4 is 11.1 Å². The lowest BCUT2D eigenvalue weighted by molar-refractivity contribution is -0.137. The van der Waals surface area contributed by atoms with Crippen molar-refractivity contribution in [2.24, 2.45) is 11.7 Å². The molecule has 25 heavy (non-hydrogen) atoms. The molecule has 0 radical (unpaired) electrons. The Balaban J connectivity index is 1.58. The van der Waals surface area contributed by atoms with Gasteiger partial charge in [-0.25, -0.2) is 4.98 Å². The molecule has 5 nitrogen and oxygen atoms in total. The number of anilines is 1. The SMILES string of the molecule is NC(=O)Cc1csc(NC(=O)C2CC2c2ccc(C(F)(F)F)cc2)n1. The number of thiazole rings is 1. The molecule has 1 aliphatic rings. The number of carbonyl (C=O) groups excluding carboxylic acids is 2. The third-order valence-corrected chi connectivity index (χ3v) is 4.74. The molecule has 2 amide bonds. The summed E-state index contributed by atoms with van der Waals surface area (Å²) in [6.45, 7) is 0. The van der Waals surface area contributed by atoms with Crippen molar-refractivity contribution in [3.05, 3.63) is 46.5 Å². The van der Waals surface area contributed by atoms with E-state index in [4.69, 9.17) is 5.73 Å². The summed E-state index contributed by atoms with van der Waals surface area (Å²) in [6, 6.07) is 4.88. The molecule has 1 heterocycles. The van der Waals surface area contributed by atoms with Crippen molar-refractivity contribution in [2.45, 2.75) is 24.9 Å². The molecule has 1 fully saturated rings. The first-order valence-corrected chi connectivity index (χ1v) is 8.32. The number of nitrogens with one attached hydrogen (secondary N) is 1. The van der Waals surface area contributed by atoms with Crippen LogP contribution in [0.5, 0.6) is 0 Å². The van der Waals surface area contributed by atoms with Gasteiger partial charge in [0.05, 0.1) is 17.7 Å². The summed E-state index contributed by atoms with van der Waals surface area (Å²) in [5, 5.41) is 4.68. The van der Waals surface area contributed by atoms with Crippen LogP contribution in [0.4, 0.5) is 18.3 Å². The van der Waals surface area contributed by atoms with Crippen LogP contribution >= 0.6 is 11.3 Å². The number of alkyl halides is 3. The highest BCUT2D eigenvalue weighted by atomic mass is 32.1. The molecule has 0 saturated heterocycles. The molecule has 2 aromatic rings. The Morgan fingerprint density at radius 2 is 1.96 bits per heavy atom. The van der Waals surface area contributed by atoms with E-state index in [9.17, 15) is 22.8 Å². The van der Waals surface area contributed by atoms with Crippen LogP contribution in [0.1, 0.15) is 29.2 Å². The second-order valence-corrected chi connectivity index (χ2v) is 6.70. The monoisotopic (exact) mass is 369 g/mol. The molecule has 9 heteroatoms. The number of rotatable bonds is 5. The maximum absolute atomic E-state index is 12.6. The van der Waals surface area contributed by atoms with Gasteiger partial charge in [0.15, 0.2) is 5.13 Å². The summed E-state index contributed by atoms with van der Waals surface area (Å²) in [7, 11) is 0. The third-order valence-electron chi connectivity index (χ3n) is 3.93. The lowest BCUT2D eigenvalue weighted by Crippen LogP contribution is -2.15. The maximum atomic E-state index is 12.6. The first-order chi connectivity index (χ1) is 11.7. The van der Waals surface area contributed by atoms with Crippen molar-refractivity contribution in [1.82, 2.24) is 4.98 Å². The second-order valence-electron chi connectivity index (χ2n) is 5.84. The molecule has 1 aromatic carbocycles. The van der Waals surface area contributed by atoms with Crippen LogP contribution in [0.25, 0.3) is 0 Å². The summed E-state index contributed by atoms with van der Waals surface area (Å²) in [5.74, 6) is -1.12. The molecule has 0 bridgehead atoms. The molecule has 3 rings (SSSR count). The van der Waals surface area contributed by atoms with E-state index in [2.05, 4.69) is 10.3 Å². The van der Waals surface area contributed by atoms with Gasteiger partial charge >= 0.3 is 6.18 Å². The number of benzene rings is 1. The Bertz CT molecular complexity index is 802. The minimum atomic E-state index is -4.37. The van der Waals surface area contributed by atoms with Gasteiger partial charge in [-0.3, -0.25) is 9.59 Å². The summed E-state index contributed by atoms with van der Waals surface area (Å²) in [4.78, 5) is 27.1. The molecule has 132 valence electrons. The zero-order valence-corrected chi connectivity index (χ0v) is 13.7. The molecule has 0 aliphatic heterocycles. The number of nitrogens with two attached hydrogens (primary N) is 1. The second kappa shape index (κ2) is 6.47. The Hall–Kier alpha value is -2.42. The van der Waals surface area contributed by atoms with Crippen LogP contribution in [0.3, 0.4) is 0 Å². The van der Waals surface area contributed by atoms with E-state index in [0.29, 0.717) is 22.8 Å². The topological polar surface area (TPSA) is 85.1 Å². The summed E-state index contributed by atoms with van der Waals surface area (Å²) in [5.41, 5.74) is 5.57. The number of nitrogens with zero attached hydrogens (tertiary/aromatic N) is 1. The Morgan fingerprint density at radius 1 is 1.28 bits per heavy atom. The van der Waals surface area contributed by atoms with E-state index in [1.165, 1.54) is 23.5 Å². The maximum Gasteiger partial charge on any atom is 0.416 e. The third kappa shape index (κ3) is 4.16. The van der Waals surface area contributed by atoms with Gasteiger partial charge in [-0.05, 0) is 30.0 Å². The lowest BCUT2D eigenvalue weighted by atomic mass is 10.1. The molecular weight excluding hydrogens is 355 g/mol. The van der Waals surface area contributed by atoms with Crippen molar-refractivity contribution in [3.8, 4) is 0 Å². The van der Waals surface area contributed by atoms with E-state index in [1.807, 2.05) is 0 Å². The van der Waals surface area contributed by atoms with E-state index in [1.54, 1.807) is 5.38 Å². The number of amides is 2. The number of hydrogen-bond acceptors (Lipinski definition) is 4. The summed E-state index contributed by atoms with van der Waals surface area (Å²) < 4.78 is 37.7. The highest BCUT2D eigenvalue weighted by molar-refractivity contribution is 7.13. The van der Waals surface area contributed by atoms with Crippen LogP contribution in [0, 0.1) is 5.92 Å². The first kappa shape index (κ1) is 17.4. The number of aromatic nitrogens is 1. The first-order valence-electron chi connectivity index (χ1n) is 7.45. The van der Waals surface area contributed by atoms with E-state index in [0.717, 1.165) is 12.1 Å². The normalized spacial score (nSPS) is 19.5. The minimum Gasteiger partial charge on any atom is -0.369 e. The van der Waals surface area contributed by atoms with Gasteiger partial charge in [-0.15, -0.1) is 11.3 Å². The van der Waals surface area contributed by atoms with Gasteiger partial charge in [-0.1, -0.05) is 12.1 Å². The number of hydrogen-bond donors (Lipinski definition) is 2. The quantitative estimate of drug-likeness (QED) is 0.850. The van der Waals surface area contributed by atoms with Crippen molar-refractivity contribution in [3.63, 3.8) is 0 Å². The minimum absolute atomic E-state index is 0.00395. The predicted molar refractivity (Wildman–Crippen MR) is 85.9 cm³/mol. The standard InChI is InChI=1S/C16H14F3N3O2S/c17-16(18,19)9-3-1-8(2-4-9)11-6-12(11)14(24)22-15-21-10(7-25-15)5-13(20)23/h1-4,7,11-12H,5-6H2,(H2,20,23)(H,21,22,24). The van der Waals surface area contributed by atoms with Crippen molar-refractivity contribution in [2.75, 3.05) is 5.32 Å². The zero-order valence-electron chi connectivity index (χ0n) is 12.8. The largest absolute Gasteiger partial charge is 0.416 e. The molecule has 3 N–H and O–H groups in total. The number of halogens is 3. The highest BCUT2D eigenvalue weighted by Gasteiger charge is 2.44. The van der Waals surface area contributed by atoms with Gasteiger partial charge in [0.25, 0.3) is 0 Å². The molecule has 1 aliphatic carbocycles. The van der Waals surface area contributed by atoms with Gasteiger partial charge in [0.2, 0.25) is 11.8 Å². The highest BCUT2D eigenvalue weighted by Crippen LogP contribution is 2.48. The van der Waals surface area contributed by atoms with Gasteiger partial charge in [0, 0.05) is 11.3 Å². The van der Waals surface area contributed by atoms with Crippen LogP contribution in [-0.4, -0.2) is 16.8 Å². The van der Waals surface area contributed by atoms with E-state index in [-0.39, 0.29) is 24.2 Å². The van der Waals surface area contributed by atoms with Crippen molar-refractivity contribution < 1.29 is 22.8 Å². The molecule has 0 spiro atoms. The Kier molecular flexibility index (Phi) is 4.51. The van der Waals surface area contributed by atoms with Gasteiger partial charge in [-0.2, -0.15) is 13.2 Å². The lowest BCUT2D eigenvalue weighted by Gasteiger charge is -2.07. The fourth-order valence-electron chi connectivity index (χ4n) is 2.59. The van der Waals surface area contributed by atoms with Crippen molar-refractivity contribution >= 4 is 28.3 Å². The number of primary amides is 1. The molecule has 1 aromatic heterocycles. The van der Waals surface area contributed by atoms with Crippen molar-refractivity contribution in [1.29, 1.82) is 0 Å². The molecular formula is C16H14F3N3O2S. The van der Waals surface area contributed by atoms with E-state index >= 15 is 0 Å².